The molecule has 2 aliphatic rings. The predicted molar refractivity (Wildman–Crippen MR) is 152 cm³/mol. The minimum atomic E-state index is -1.15. The van der Waals surface area contributed by atoms with E-state index in [0.717, 1.165) is 12.0 Å². The number of carbonyl (C=O) groups is 2. The molecule has 0 spiro atoms. The Morgan fingerprint density at radius 3 is 2.59 bits per heavy atom. The van der Waals surface area contributed by atoms with Crippen LogP contribution in [0.4, 0.5) is 0 Å². The lowest BCUT2D eigenvalue weighted by Gasteiger charge is -2.41. The van der Waals surface area contributed by atoms with E-state index in [9.17, 15) is 24.9 Å². The summed E-state index contributed by atoms with van der Waals surface area (Å²) in [5.41, 5.74) is 2.48. The van der Waals surface area contributed by atoms with Gasteiger partial charge in [-0.3, -0.25) is 9.59 Å². The van der Waals surface area contributed by atoms with Crippen LogP contribution in [0.1, 0.15) is 48.8 Å². The number of methoxy groups -OCH3 is 2. The summed E-state index contributed by atoms with van der Waals surface area (Å²) in [6.45, 7) is 1.88. The number of fused-ring (bicyclic) bond motifs is 3. The topological polar surface area (TPSA) is 138 Å². The molecule has 41 heavy (non-hydrogen) atoms. The second-order valence-electron chi connectivity index (χ2n) is 10.3. The molecule has 2 amide bonds. The Bertz CT molecular complexity index is 1260. The van der Waals surface area contributed by atoms with Crippen LogP contribution in [0, 0.1) is 0 Å². The summed E-state index contributed by atoms with van der Waals surface area (Å²) in [4.78, 5) is 28.7. The molecule has 4 unspecified atom stereocenters. The highest BCUT2D eigenvalue weighted by Crippen LogP contribution is 2.51. The van der Waals surface area contributed by atoms with Crippen molar-refractivity contribution in [3.63, 3.8) is 0 Å². The maximum atomic E-state index is 13.6. The molecule has 0 aromatic heterocycles. The Morgan fingerprint density at radius 1 is 1.10 bits per heavy atom. The summed E-state index contributed by atoms with van der Waals surface area (Å²) in [6, 6.07) is 10.2. The lowest BCUT2D eigenvalue weighted by Crippen LogP contribution is -2.56. The van der Waals surface area contributed by atoms with E-state index in [4.69, 9.17) is 14.2 Å². The van der Waals surface area contributed by atoms with Crippen molar-refractivity contribution in [1.29, 1.82) is 0 Å². The molecule has 1 heterocycles. The first-order chi connectivity index (χ1) is 19.9. The normalized spacial score (nSPS) is 20.8. The number of carbonyl (C=O) groups excluding carboxylic acids is 2. The largest absolute Gasteiger partial charge is 0.497 e. The molecule has 4 rings (SSSR count). The monoisotopic (exact) mass is 568 g/mol. The fourth-order valence-corrected chi connectivity index (χ4v) is 5.61. The van der Waals surface area contributed by atoms with Crippen molar-refractivity contribution in [2.24, 2.45) is 0 Å². The molecule has 1 aliphatic heterocycles. The van der Waals surface area contributed by atoms with Crippen LogP contribution in [0.5, 0.6) is 17.2 Å². The first-order valence-corrected chi connectivity index (χ1v) is 14.1. The third-order valence-electron chi connectivity index (χ3n) is 7.69. The van der Waals surface area contributed by atoms with Crippen molar-refractivity contribution in [1.82, 2.24) is 10.2 Å². The summed E-state index contributed by atoms with van der Waals surface area (Å²) < 4.78 is 17.1. The highest BCUT2D eigenvalue weighted by atomic mass is 16.5. The van der Waals surface area contributed by atoms with Crippen molar-refractivity contribution < 1.29 is 39.1 Å². The molecule has 1 aliphatic carbocycles. The Labute approximate surface area is 240 Å². The molecule has 0 saturated heterocycles. The Hall–Kier alpha value is -3.60. The first-order valence-electron chi connectivity index (χ1n) is 14.1. The van der Waals surface area contributed by atoms with Gasteiger partial charge in [0.05, 0.1) is 39.4 Å². The van der Waals surface area contributed by atoms with E-state index in [1.165, 1.54) is 7.11 Å². The number of ether oxygens (including phenoxy) is 3. The summed E-state index contributed by atoms with van der Waals surface area (Å²) >= 11 is 0. The molecule has 0 bridgehead atoms. The number of aliphatic hydroxyl groups excluding tert-OH is 3. The molecule has 10 heteroatoms. The number of hydrogen-bond acceptors (Lipinski definition) is 8. The van der Waals surface area contributed by atoms with E-state index in [0.29, 0.717) is 59.8 Å². The summed E-state index contributed by atoms with van der Waals surface area (Å²) in [7, 11) is 3.08. The van der Waals surface area contributed by atoms with Crippen molar-refractivity contribution in [3.8, 4) is 17.2 Å². The van der Waals surface area contributed by atoms with Gasteiger partial charge < -0.3 is 39.7 Å². The highest BCUT2D eigenvalue weighted by molar-refractivity contribution is 5.96. The molecule has 2 aromatic carbocycles. The third kappa shape index (κ3) is 6.50. The van der Waals surface area contributed by atoms with E-state index in [2.05, 4.69) is 5.32 Å². The van der Waals surface area contributed by atoms with Gasteiger partial charge in [0, 0.05) is 30.6 Å². The van der Waals surface area contributed by atoms with Crippen LogP contribution in [0.25, 0.3) is 0 Å². The third-order valence-corrected chi connectivity index (χ3v) is 7.69. The Morgan fingerprint density at radius 2 is 1.90 bits per heavy atom. The van der Waals surface area contributed by atoms with Crippen LogP contribution in [0.2, 0.25) is 0 Å². The quantitative estimate of drug-likeness (QED) is 0.288. The van der Waals surface area contributed by atoms with E-state index < -0.39 is 30.1 Å². The van der Waals surface area contributed by atoms with Gasteiger partial charge in [-0.1, -0.05) is 25.5 Å². The van der Waals surface area contributed by atoms with Gasteiger partial charge in [0.2, 0.25) is 11.8 Å². The van der Waals surface area contributed by atoms with E-state index in [1.807, 2.05) is 31.2 Å². The molecule has 222 valence electrons. The average Bonchev–Trinajstić information content (AvgIpc) is 3.39. The van der Waals surface area contributed by atoms with Crippen LogP contribution in [0.15, 0.2) is 48.0 Å². The van der Waals surface area contributed by atoms with Gasteiger partial charge in [0.1, 0.15) is 18.0 Å². The van der Waals surface area contributed by atoms with Crippen LogP contribution in [-0.2, 0) is 22.6 Å². The van der Waals surface area contributed by atoms with Gasteiger partial charge in [-0.25, -0.2) is 0 Å². The molecular weight excluding hydrogens is 528 g/mol. The Kier molecular flexibility index (Phi) is 10.3. The predicted octanol–water partition coefficient (Wildman–Crippen LogP) is 2.08. The fraction of sp³-hybridized carbons (Fsp3) is 0.484. The maximum Gasteiger partial charge on any atom is 0.247 e. The number of nitrogens with zero attached hydrogens (tertiary/aromatic N) is 1. The molecule has 0 fully saturated rings. The van der Waals surface area contributed by atoms with Gasteiger partial charge >= 0.3 is 0 Å². The number of rotatable bonds is 13. The van der Waals surface area contributed by atoms with Crippen LogP contribution < -0.4 is 19.5 Å². The lowest BCUT2D eigenvalue weighted by atomic mass is 9.77. The van der Waals surface area contributed by atoms with Crippen LogP contribution in [0.3, 0.4) is 0 Å². The summed E-state index contributed by atoms with van der Waals surface area (Å²) in [5, 5.41) is 33.7. The minimum absolute atomic E-state index is 0.0451. The van der Waals surface area contributed by atoms with Crippen molar-refractivity contribution in [2.45, 2.75) is 63.4 Å². The lowest BCUT2D eigenvalue weighted by molar-refractivity contribution is -0.137. The number of benzene rings is 2. The van der Waals surface area contributed by atoms with Crippen LogP contribution in [-0.4, -0.2) is 84.2 Å². The highest BCUT2D eigenvalue weighted by Gasteiger charge is 2.51. The molecule has 0 radical (unpaired) electrons. The fourth-order valence-electron chi connectivity index (χ4n) is 5.61. The van der Waals surface area contributed by atoms with E-state index >= 15 is 0 Å². The first kappa shape index (κ1) is 30.4. The molecule has 2 aromatic rings. The SMILES string of the molecule is CCCCC(=O)N(CCc1cccc(OC)c1)C1C=C(C(=O)NCCO)C2c3cc(CO)cc(OC)c3OC2C1O. The van der Waals surface area contributed by atoms with Gasteiger partial charge in [-0.15, -0.1) is 0 Å². The number of aliphatic hydroxyl groups is 3. The standard InChI is InChI=1S/C31H40N2O8/c1-4-5-9-26(36)33(12-10-19-7-6-8-21(14-19)39-2)24-17-23(31(38)32-11-13-34)27-22-15-20(18-35)16-25(40-3)29(22)41-30(27)28(24)37/h6-8,14-17,24,27-28,30,34-35,37H,4-5,9-13,18H2,1-3H3,(H,32,38). The van der Waals surface area contributed by atoms with Gasteiger partial charge in [-0.05, 0) is 54.3 Å². The smallest absolute Gasteiger partial charge is 0.247 e. The van der Waals surface area contributed by atoms with E-state index in [-0.39, 0.29) is 25.7 Å². The second kappa shape index (κ2) is 13.8. The summed E-state index contributed by atoms with van der Waals surface area (Å²) in [5.74, 6) is 0.266. The van der Waals surface area contributed by atoms with Crippen molar-refractivity contribution in [3.05, 3.63) is 64.7 Å². The Balaban J connectivity index is 1.75. The minimum Gasteiger partial charge on any atom is -0.497 e. The molecule has 0 saturated carbocycles. The molecule has 4 N–H and O–H groups in total. The molecule has 10 nitrogen and oxygen atoms in total. The molecule has 4 atom stereocenters. The van der Waals surface area contributed by atoms with Crippen molar-refractivity contribution >= 4 is 11.8 Å². The van der Waals surface area contributed by atoms with Crippen molar-refractivity contribution in [2.75, 3.05) is 33.9 Å². The average molecular weight is 569 g/mol. The zero-order valence-electron chi connectivity index (χ0n) is 23.8. The number of amides is 2. The molecular formula is C31H40N2O8. The van der Waals surface area contributed by atoms with E-state index in [1.54, 1.807) is 30.2 Å². The zero-order chi connectivity index (χ0) is 29.5. The van der Waals surface area contributed by atoms with Gasteiger partial charge in [-0.2, -0.15) is 0 Å². The zero-order valence-corrected chi connectivity index (χ0v) is 23.8. The maximum absolute atomic E-state index is 13.6. The summed E-state index contributed by atoms with van der Waals surface area (Å²) in [6.07, 6.45) is 1.98. The number of hydrogen-bond donors (Lipinski definition) is 4. The second-order valence-corrected chi connectivity index (χ2v) is 10.3. The van der Waals surface area contributed by atoms with Gasteiger partial charge in [0.25, 0.3) is 0 Å². The van der Waals surface area contributed by atoms with Crippen LogP contribution >= 0.6 is 0 Å². The number of unbranched alkanes of at least 4 members (excludes halogenated alkanes) is 1. The van der Waals surface area contributed by atoms with Gasteiger partial charge in [0.15, 0.2) is 11.5 Å². The number of nitrogens with one attached hydrogen (secondary N) is 1.